The van der Waals surface area contributed by atoms with Crippen LogP contribution < -0.4 is 10.1 Å². The SMILES string of the molecule is Cc1cc(C)cc(OCCC(=O)N2CCNCC2c2nccn2C)c1. The molecular weight excluding hydrogens is 316 g/mol. The largest absolute Gasteiger partial charge is 0.493 e. The van der Waals surface area contributed by atoms with Gasteiger partial charge in [0.05, 0.1) is 13.0 Å². The van der Waals surface area contributed by atoms with Crippen LogP contribution >= 0.6 is 0 Å². The fourth-order valence-corrected chi connectivity index (χ4v) is 3.35. The Hall–Kier alpha value is -2.34. The van der Waals surface area contributed by atoms with Crippen molar-refractivity contribution in [3.8, 4) is 5.75 Å². The van der Waals surface area contributed by atoms with Gasteiger partial charge in [0.15, 0.2) is 0 Å². The van der Waals surface area contributed by atoms with Crippen LogP contribution in [0.3, 0.4) is 0 Å². The van der Waals surface area contributed by atoms with Gasteiger partial charge >= 0.3 is 0 Å². The third-order valence-corrected chi connectivity index (χ3v) is 4.50. The Bertz CT molecular complexity index is 721. The second kappa shape index (κ2) is 7.70. The summed E-state index contributed by atoms with van der Waals surface area (Å²) < 4.78 is 7.77. The maximum atomic E-state index is 12.7. The lowest BCUT2D eigenvalue weighted by molar-refractivity contribution is -0.135. The molecule has 6 nitrogen and oxygen atoms in total. The molecule has 134 valence electrons. The summed E-state index contributed by atoms with van der Waals surface area (Å²) >= 11 is 0. The molecule has 0 saturated carbocycles. The molecule has 1 fully saturated rings. The molecule has 3 rings (SSSR count). The summed E-state index contributed by atoms with van der Waals surface area (Å²) in [7, 11) is 1.96. The van der Waals surface area contributed by atoms with E-state index in [-0.39, 0.29) is 11.9 Å². The highest BCUT2D eigenvalue weighted by atomic mass is 16.5. The highest BCUT2D eigenvalue weighted by molar-refractivity contribution is 5.77. The zero-order valence-corrected chi connectivity index (χ0v) is 15.2. The van der Waals surface area contributed by atoms with Gasteiger partial charge in [-0.3, -0.25) is 4.79 Å². The van der Waals surface area contributed by atoms with Crippen molar-refractivity contribution in [1.29, 1.82) is 0 Å². The van der Waals surface area contributed by atoms with Crippen LogP contribution in [0.15, 0.2) is 30.6 Å². The molecule has 1 unspecified atom stereocenters. The van der Waals surface area contributed by atoms with E-state index in [1.807, 2.05) is 48.7 Å². The van der Waals surface area contributed by atoms with E-state index >= 15 is 0 Å². The Kier molecular flexibility index (Phi) is 5.38. The summed E-state index contributed by atoms with van der Waals surface area (Å²) in [5, 5.41) is 3.35. The molecule has 0 bridgehead atoms. The second-order valence-corrected chi connectivity index (χ2v) is 6.63. The molecule has 1 atom stereocenters. The summed E-state index contributed by atoms with van der Waals surface area (Å²) in [5.74, 6) is 1.85. The van der Waals surface area contributed by atoms with Crippen molar-refractivity contribution in [2.24, 2.45) is 7.05 Å². The minimum Gasteiger partial charge on any atom is -0.493 e. The highest BCUT2D eigenvalue weighted by Gasteiger charge is 2.30. The van der Waals surface area contributed by atoms with Gasteiger partial charge in [0.2, 0.25) is 5.91 Å². The molecule has 2 heterocycles. The first-order valence-electron chi connectivity index (χ1n) is 8.73. The van der Waals surface area contributed by atoms with E-state index in [1.165, 1.54) is 11.1 Å². The van der Waals surface area contributed by atoms with Crippen molar-refractivity contribution < 1.29 is 9.53 Å². The molecule has 25 heavy (non-hydrogen) atoms. The van der Waals surface area contributed by atoms with E-state index in [1.54, 1.807) is 6.20 Å². The number of ether oxygens (including phenoxy) is 1. The zero-order valence-electron chi connectivity index (χ0n) is 15.2. The maximum Gasteiger partial charge on any atom is 0.226 e. The van der Waals surface area contributed by atoms with Crippen LogP contribution in [0.4, 0.5) is 0 Å². The van der Waals surface area contributed by atoms with E-state index in [9.17, 15) is 4.79 Å². The molecule has 0 radical (unpaired) electrons. The number of hydrogen-bond acceptors (Lipinski definition) is 4. The van der Waals surface area contributed by atoms with Gasteiger partial charge in [0.25, 0.3) is 0 Å². The van der Waals surface area contributed by atoms with Gasteiger partial charge in [-0.05, 0) is 37.1 Å². The predicted molar refractivity (Wildman–Crippen MR) is 96.6 cm³/mol. The Labute approximate surface area is 148 Å². The summed E-state index contributed by atoms with van der Waals surface area (Å²) in [6, 6.07) is 6.08. The lowest BCUT2D eigenvalue weighted by Gasteiger charge is -2.35. The van der Waals surface area contributed by atoms with Crippen LogP contribution in [0.2, 0.25) is 0 Å². The second-order valence-electron chi connectivity index (χ2n) is 6.63. The van der Waals surface area contributed by atoms with E-state index in [0.29, 0.717) is 19.6 Å². The van der Waals surface area contributed by atoms with Gasteiger partial charge in [-0.15, -0.1) is 0 Å². The van der Waals surface area contributed by atoms with Crippen LogP contribution in [0.25, 0.3) is 0 Å². The highest BCUT2D eigenvalue weighted by Crippen LogP contribution is 2.22. The van der Waals surface area contributed by atoms with Crippen molar-refractivity contribution in [2.75, 3.05) is 26.2 Å². The van der Waals surface area contributed by atoms with E-state index in [2.05, 4.69) is 16.4 Å². The van der Waals surface area contributed by atoms with Crippen molar-refractivity contribution in [2.45, 2.75) is 26.3 Å². The number of amides is 1. The van der Waals surface area contributed by atoms with Crippen molar-refractivity contribution in [3.63, 3.8) is 0 Å². The van der Waals surface area contributed by atoms with Gasteiger partial charge < -0.3 is 19.5 Å². The quantitative estimate of drug-likeness (QED) is 0.903. The third kappa shape index (κ3) is 4.20. The topological polar surface area (TPSA) is 59.4 Å². The van der Waals surface area contributed by atoms with Crippen LogP contribution in [0.1, 0.15) is 29.4 Å². The number of imidazole rings is 1. The number of aromatic nitrogens is 2. The summed E-state index contributed by atoms with van der Waals surface area (Å²) in [6.45, 7) is 6.71. The Morgan fingerprint density at radius 3 is 2.76 bits per heavy atom. The Balaban J connectivity index is 1.60. The summed E-state index contributed by atoms with van der Waals surface area (Å²) in [5.41, 5.74) is 2.33. The molecule has 1 aliphatic heterocycles. The molecule has 1 aliphatic rings. The molecule has 1 saturated heterocycles. The standard InChI is InChI=1S/C19H26N4O2/c1-14-10-15(2)12-16(11-14)25-9-4-18(24)23-8-5-20-13-17(23)19-21-6-7-22(19)3/h6-7,10-12,17,20H,4-5,8-9,13H2,1-3H3. The summed E-state index contributed by atoms with van der Waals surface area (Å²) in [6.07, 6.45) is 4.06. The number of piperazine rings is 1. The molecule has 6 heteroatoms. The number of nitrogens with zero attached hydrogens (tertiary/aromatic N) is 3. The first-order chi connectivity index (χ1) is 12.0. The van der Waals surface area contributed by atoms with Gasteiger partial charge in [0.1, 0.15) is 17.6 Å². The first kappa shape index (κ1) is 17.5. The van der Waals surface area contributed by atoms with Crippen LogP contribution in [-0.2, 0) is 11.8 Å². The normalized spacial score (nSPS) is 17.6. The van der Waals surface area contributed by atoms with E-state index in [4.69, 9.17) is 4.74 Å². The van der Waals surface area contributed by atoms with Gasteiger partial charge in [-0.1, -0.05) is 6.07 Å². The number of benzene rings is 1. The first-order valence-corrected chi connectivity index (χ1v) is 8.73. The fourth-order valence-electron chi connectivity index (χ4n) is 3.35. The van der Waals surface area contributed by atoms with Gasteiger partial charge in [-0.2, -0.15) is 0 Å². The van der Waals surface area contributed by atoms with E-state index in [0.717, 1.165) is 24.7 Å². The van der Waals surface area contributed by atoms with Crippen LogP contribution in [0, 0.1) is 13.8 Å². The number of nitrogens with one attached hydrogen (secondary N) is 1. The van der Waals surface area contributed by atoms with Crippen molar-refractivity contribution >= 4 is 5.91 Å². The van der Waals surface area contributed by atoms with Gasteiger partial charge in [-0.25, -0.2) is 4.98 Å². The third-order valence-electron chi connectivity index (χ3n) is 4.50. The summed E-state index contributed by atoms with van der Waals surface area (Å²) in [4.78, 5) is 19.1. The van der Waals surface area contributed by atoms with E-state index < -0.39 is 0 Å². The molecule has 2 aromatic rings. The zero-order chi connectivity index (χ0) is 17.8. The maximum absolute atomic E-state index is 12.7. The minimum atomic E-state index is -0.0255. The number of rotatable bonds is 5. The lowest BCUT2D eigenvalue weighted by Crippen LogP contribution is -2.49. The molecule has 0 spiro atoms. The van der Waals surface area contributed by atoms with Crippen LogP contribution in [0.5, 0.6) is 5.75 Å². The van der Waals surface area contributed by atoms with Gasteiger partial charge in [0, 0.05) is 39.1 Å². The monoisotopic (exact) mass is 342 g/mol. The Morgan fingerprint density at radius 2 is 2.08 bits per heavy atom. The van der Waals surface area contributed by atoms with Crippen molar-refractivity contribution in [3.05, 3.63) is 47.5 Å². The van der Waals surface area contributed by atoms with Crippen LogP contribution in [-0.4, -0.2) is 46.6 Å². The van der Waals surface area contributed by atoms with Crippen molar-refractivity contribution in [1.82, 2.24) is 19.8 Å². The average Bonchev–Trinajstić information content (AvgIpc) is 3.00. The lowest BCUT2D eigenvalue weighted by atomic mass is 10.1. The molecule has 1 amide bonds. The molecule has 1 aromatic carbocycles. The number of carbonyl (C=O) groups excluding carboxylic acids is 1. The fraction of sp³-hybridized carbons (Fsp3) is 0.474. The molecule has 0 aliphatic carbocycles. The molecule has 1 N–H and O–H groups in total. The average molecular weight is 342 g/mol. The molecule has 1 aromatic heterocycles. The number of aryl methyl sites for hydroxylation is 3. The Morgan fingerprint density at radius 1 is 1.32 bits per heavy atom. The smallest absolute Gasteiger partial charge is 0.226 e. The minimum absolute atomic E-state index is 0.0255. The predicted octanol–water partition coefficient (Wildman–Crippen LogP) is 1.98. The number of hydrogen-bond donors (Lipinski definition) is 1. The number of carbonyl (C=O) groups is 1. The molecular formula is C19H26N4O2.